The second-order valence-corrected chi connectivity index (χ2v) is 7.99. The summed E-state index contributed by atoms with van der Waals surface area (Å²) in [5.74, 6) is 5.20. The van der Waals surface area contributed by atoms with Crippen LogP contribution in [0, 0.1) is 11.8 Å². The average molecular weight is 428 g/mol. The Bertz CT molecular complexity index is 1100. The summed E-state index contributed by atoms with van der Waals surface area (Å²) < 4.78 is 29.1. The highest BCUT2D eigenvalue weighted by Gasteiger charge is 2.42. The summed E-state index contributed by atoms with van der Waals surface area (Å²) in [5.41, 5.74) is 6.74. The number of imidazole rings is 1. The first-order valence-corrected chi connectivity index (χ1v) is 9.99. The zero-order valence-corrected chi connectivity index (χ0v) is 16.9. The monoisotopic (exact) mass is 428 g/mol. The van der Waals surface area contributed by atoms with Gasteiger partial charge in [0.25, 0.3) is 12.3 Å². The molecule has 162 valence electrons. The number of hydrogen-bond acceptors (Lipinski definition) is 4. The molecule has 3 aliphatic rings. The van der Waals surface area contributed by atoms with E-state index < -0.39 is 29.8 Å². The molecule has 1 aliphatic carbocycles. The number of carbonyl (C=O) groups excluding carboxylic acids is 2. The number of benzene rings is 1. The van der Waals surface area contributed by atoms with Gasteiger partial charge in [0.2, 0.25) is 6.41 Å². The molecule has 1 fully saturated rings. The standard InChI is InChI=1S/C22H22F2N4O3/c1-27(11-29)7-6-15(30)4-2-12-3-5-16-13-9-14(10-13)28-19(20(23)24)18(21(25)31)26-22(28)17(16)8-12/h3,5,8,11,13-15,20,30H,6-7,9-10H2,1H3,(H2,25,31). The van der Waals surface area contributed by atoms with E-state index in [-0.39, 0.29) is 12.0 Å². The molecule has 9 heteroatoms. The zero-order valence-electron chi connectivity index (χ0n) is 16.9. The maximum atomic E-state index is 13.8. The third kappa shape index (κ3) is 3.79. The van der Waals surface area contributed by atoms with Gasteiger partial charge in [0.05, 0.1) is 0 Å². The van der Waals surface area contributed by atoms with Gasteiger partial charge in [-0.15, -0.1) is 0 Å². The number of aliphatic hydroxyl groups is 1. The number of hydrogen-bond donors (Lipinski definition) is 2. The molecule has 7 nitrogen and oxygen atoms in total. The Morgan fingerprint density at radius 1 is 1.45 bits per heavy atom. The summed E-state index contributed by atoms with van der Waals surface area (Å²) >= 11 is 0. The number of aliphatic hydroxyl groups excluding tert-OH is 1. The van der Waals surface area contributed by atoms with Gasteiger partial charge in [-0.05, 0) is 36.5 Å². The minimum Gasteiger partial charge on any atom is -0.380 e. The highest BCUT2D eigenvalue weighted by molar-refractivity contribution is 5.93. The van der Waals surface area contributed by atoms with Crippen LogP contribution in [0.15, 0.2) is 18.2 Å². The number of carbonyl (C=O) groups is 2. The van der Waals surface area contributed by atoms with Gasteiger partial charge in [-0.25, -0.2) is 13.8 Å². The molecular formula is C22H22F2N4O3. The maximum Gasteiger partial charge on any atom is 0.280 e. The first kappa shape index (κ1) is 21.0. The van der Waals surface area contributed by atoms with E-state index in [9.17, 15) is 23.5 Å². The molecule has 2 aromatic rings. The third-order valence-electron chi connectivity index (χ3n) is 5.92. The second-order valence-electron chi connectivity index (χ2n) is 7.99. The molecule has 3 N–H and O–H groups in total. The summed E-state index contributed by atoms with van der Waals surface area (Å²) in [5, 5.41) is 10.0. The van der Waals surface area contributed by atoms with Crippen LogP contribution < -0.4 is 5.73 Å². The van der Waals surface area contributed by atoms with Gasteiger partial charge in [-0.3, -0.25) is 9.59 Å². The molecule has 0 saturated heterocycles. The number of rotatable bonds is 6. The lowest BCUT2D eigenvalue weighted by molar-refractivity contribution is -0.117. The Labute approximate surface area is 177 Å². The smallest absolute Gasteiger partial charge is 0.280 e. The molecule has 1 atom stereocenters. The number of primary amides is 1. The van der Waals surface area contributed by atoms with Crippen LogP contribution in [0.2, 0.25) is 0 Å². The van der Waals surface area contributed by atoms with Crippen LogP contribution in [0.5, 0.6) is 0 Å². The molecule has 5 rings (SSSR count). The van der Waals surface area contributed by atoms with Crippen molar-refractivity contribution in [2.75, 3.05) is 13.6 Å². The third-order valence-corrected chi connectivity index (χ3v) is 5.92. The molecule has 2 aliphatic heterocycles. The molecule has 2 bridgehead atoms. The fourth-order valence-corrected chi connectivity index (χ4v) is 4.25. The fourth-order valence-electron chi connectivity index (χ4n) is 4.25. The lowest BCUT2D eigenvalue weighted by Gasteiger charge is -2.35. The molecule has 1 aromatic heterocycles. The minimum atomic E-state index is -2.87. The molecule has 3 heterocycles. The first-order chi connectivity index (χ1) is 14.8. The van der Waals surface area contributed by atoms with Crippen molar-refractivity contribution in [3.05, 3.63) is 40.7 Å². The zero-order chi connectivity index (χ0) is 22.3. The van der Waals surface area contributed by atoms with Crippen LogP contribution in [0.3, 0.4) is 0 Å². The molecular weight excluding hydrogens is 406 g/mol. The lowest BCUT2D eigenvalue weighted by Crippen LogP contribution is -2.25. The summed E-state index contributed by atoms with van der Waals surface area (Å²) in [6, 6.07) is 5.34. The van der Waals surface area contributed by atoms with Crippen LogP contribution in [-0.4, -0.2) is 51.6 Å². The average Bonchev–Trinajstić information content (AvgIpc) is 2.99. The van der Waals surface area contributed by atoms with E-state index in [4.69, 9.17) is 5.73 Å². The van der Waals surface area contributed by atoms with Crippen molar-refractivity contribution in [3.63, 3.8) is 0 Å². The van der Waals surface area contributed by atoms with Gasteiger partial charge < -0.3 is 20.3 Å². The van der Waals surface area contributed by atoms with Crippen molar-refractivity contribution >= 4 is 12.3 Å². The Balaban J connectivity index is 1.72. The van der Waals surface area contributed by atoms with Gasteiger partial charge >= 0.3 is 0 Å². The Morgan fingerprint density at radius 2 is 2.19 bits per heavy atom. The van der Waals surface area contributed by atoms with Gasteiger partial charge in [-0.2, -0.15) is 0 Å². The normalized spacial score (nSPS) is 19.3. The van der Waals surface area contributed by atoms with E-state index in [1.54, 1.807) is 13.1 Å². The van der Waals surface area contributed by atoms with Crippen LogP contribution in [0.25, 0.3) is 11.4 Å². The van der Waals surface area contributed by atoms with E-state index in [0.717, 1.165) is 5.56 Å². The molecule has 2 amide bonds. The van der Waals surface area contributed by atoms with Crippen molar-refractivity contribution in [2.24, 2.45) is 5.73 Å². The summed E-state index contributed by atoms with van der Waals surface area (Å²) in [7, 11) is 1.61. The number of amides is 2. The number of halogens is 2. The molecule has 1 saturated carbocycles. The Kier molecular flexibility index (Phi) is 5.50. The summed E-state index contributed by atoms with van der Waals surface area (Å²) in [6.07, 6.45) is -1.41. The Morgan fingerprint density at radius 3 is 2.84 bits per heavy atom. The molecule has 1 unspecified atom stereocenters. The van der Waals surface area contributed by atoms with E-state index in [2.05, 4.69) is 16.8 Å². The Hall–Kier alpha value is -3.25. The van der Waals surface area contributed by atoms with E-state index in [1.165, 1.54) is 9.47 Å². The quantitative estimate of drug-likeness (QED) is 0.544. The van der Waals surface area contributed by atoms with Gasteiger partial charge in [0, 0.05) is 37.2 Å². The van der Waals surface area contributed by atoms with Crippen LogP contribution in [-0.2, 0) is 4.79 Å². The van der Waals surface area contributed by atoms with Crippen LogP contribution in [0.1, 0.15) is 65.0 Å². The number of aromatic nitrogens is 2. The SMILES string of the molecule is CN(C=O)CCC(O)C#Cc1ccc2c(c1)-c1nc(C(N)=O)c(C(F)F)n1C1CC2C1. The minimum absolute atomic E-state index is 0.150. The van der Waals surface area contributed by atoms with Crippen molar-refractivity contribution < 1.29 is 23.5 Å². The highest BCUT2D eigenvalue weighted by atomic mass is 19.3. The van der Waals surface area contributed by atoms with Gasteiger partial charge in [0.15, 0.2) is 5.69 Å². The van der Waals surface area contributed by atoms with Crippen molar-refractivity contribution in [1.29, 1.82) is 0 Å². The summed E-state index contributed by atoms with van der Waals surface area (Å²) in [4.78, 5) is 28.0. The molecule has 0 spiro atoms. The maximum absolute atomic E-state index is 13.8. The number of alkyl halides is 2. The van der Waals surface area contributed by atoms with Crippen LogP contribution >= 0.6 is 0 Å². The predicted octanol–water partition coefficient (Wildman–Crippen LogP) is 2.21. The predicted molar refractivity (Wildman–Crippen MR) is 108 cm³/mol. The van der Waals surface area contributed by atoms with Crippen molar-refractivity contribution in [2.45, 2.75) is 43.8 Å². The summed E-state index contributed by atoms with van der Waals surface area (Å²) in [6.45, 7) is 0.371. The molecule has 1 aromatic carbocycles. The van der Waals surface area contributed by atoms with E-state index in [1.807, 2.05) is 12.1 Å². The van der Waals surface area contributed by atoms with Gasteiger partial charge in [-0.1, -0.05) is 17.9 Å². The first-order valence-electron chi connectivity index (χ1n) is 9.99. The van der Waals surface area contributed by atoms with Crippen LogP contribution in [0.4, 0.5) is 8.78 Å². The lowest BCUT2D eigenvalue weighted by atomic mass is 9.75. The van der Waals surface area contributed by atoms with E-state index in [0.29, 0.717) is 49.2 Å². The largest absolute Gasteiger partial charge is 0.380 e. The number of nitrogens with two attached hydrogens (primary N) is 1. The van der Waals surface area contributed by atoms with Crippen molar-refractivity contribution in [1.82, 2.24) is 14.5 Å². The molecule has 31 heavy (non-hydrogen) atoms. The number of nitrogens with zero attached hydrogens (tertiary/aromatic N) is 3. The van der Waals surface area contributed by atoms with E-state index >= 15 is 0 Å². The highest BCUT2D eigenvalue weighted by Crippen LogP contribution is 2.53. The second kappa shape index (κ2) is 8.12. The van der Waals surface area contributed by atoms with Gasteiger partial charge in [0.1, 0.15) is 17.6 Å². The van der Waals surface area contributed by atoms with Crippen molar-refractivity contribution in [3.8, 4) is 23.2 Å². The topological polar surface area (TPSA) is 101 Å². The molecule has 0 radical (unpaired) electrons. The fraction of sp³-hybridized carbons (Fsp3) is 0.409.